The second-order valence-corrected chi connectivity index (χ2v) is 4.25. The van der Waals surface area contributed by atoms with E-state index in [2.05, 4.69) is 16.0 Å². The van der Waals surface area contributed by atoms with Crippen LogP contribution in [0.3, 0.4) is 0 Å². The van der Waals surface area contributed by atoms with Gasteiger partial charge in [0.05, 0.1) is 13.0 Å². The van der Waals surface area contributed by atoms with Gasteiger partial charge in [-0.3, -0.25) is 9.59 Å². The Morgan fingerprint density at radius 3 is 2.22 bits per heavy atom. The second kappa shape index (κ2) is 8.32. The van der Waals surface area contributed by atoms with E-state index in [4.69, 9.17) is 5.11 Å². The smallest absolute Gasteiger partial charge is 0.315 e. The topological polar surface area (TPSA) is 108 Å². The quantitative estimate of drug-likeness (QED) is 0.518. The lowest BCUT2D eigenvalue weighted by atomic mass is 10.1. The summed E-state index contributed by atoms with van der Waals surface area (Å²) in [6.45, 7) is 5.28. The van der Waals surface area contributed by atoms with Gasteiger partial charge in [-0.2, -0.15) is 0 Å². The largest absolute Gasteiger partial charge is 0.481 e. The Balaban J connectivity index is 3.95. The summed E-state index contributed by atoms with van der Waals surface area (Å²) in [6, 6.07) is -0.963. The van der Waals surface area contributed by atoms with Crippen molar-refractivity contribution in [2.24, 2.45) is 0 Å². The molecule has 0 rings (SSSR count). The summed E-state index contributed by atoms with van der Waals surface area (Å²) in [7, 11) is 0. The van der Waals surface area contributed by atoms with Crippen LogP contribution in [-0.4, -0.2) is 41.6 Å². The Morgan fingerprint density at radius 1 is 1.17 bits per heavy atom. The van der Waals surface area contributed by atoms with Crippen LogP contribution in [0.5, 0.6) is 0 Å². The highest BCUT2D eigenvalue weighted by Crippen LogP contribution is 1.96. The van der Waals surface area contributed by atoms with Crippen LogP contribution >= 0.6 is 0 Å². The first-order chi connectivity index (χ1) is 8.35. The summed E-state index contributed by atoms with van der Waals surface area (Å²) in [5.41, 5.74) is 0. The van der Waals surface area contributed by atoms with Gasteiger partial charge in [0.2, 0.25) is 5.91 Å². The Bertz CT molecular complexity index is 305. The van der Waals surface area contributed by atoms with Crippen LogP contribution in [0.4, 0.5) is 4.79 Å². The van der Waals surface area contributed by atoms with Crippen molar-refractivity contribution in [3.63, 3.8) is 0 Å². The molecule has 0 aromatic rings. The minimum Gasteiger partial charge on any atom is -0.481 e. The van der Waals surface area contributed by atoms with Crippen LogP contribution < -0.4 is 16.0 Å². The third-order valence-corrected chi connectivity index (χ3v) is 2.11. The van der Waals surface area contributed by atoms with E-state index in [1.165, 1.54) is 0 Å². The summed E-state index contributed by atoms with van der Waals surface area (Å²) in [5.74, 6) is -1.26. The van der Waals surface area contributed by atoms with Gasteiger partial charge in [-0.1, -0.05) is 6.92 Å². The van der Waals surface area contributed by atoms with Gasteiger partial charge in [-0.05, 0) is 20.3 Å². The standard InChI is InChI=1S/C11H21N3O4/c1-4-8(5-10(16)17)14-11(18)12-6-9(15)13-7(2)3/h7-8H,4-6H2,1-3H3,(H,13,15)(H,16,17)(H2,12,14,18). The van der Waals surface area contributed by atoms with E-state index in [-0.39, 0.29) is 24.9 Å². The van der Waals surface area contributed by atoms with E-state index < -0.39 is 18.0 Å². The zero-order chi connectivity index (χ0) is 14.1. The molecule has 0 bridgehead atoms. The summed E-state index contributed by atoms with van der Waals surface area (Å²) in [5, 5.41) is 16.1. The summed E-state index contributed by atoms with van der Waals surface area (Å²) in [6.07, 6.45) is 0.375. The SMILES string of the molecule is CCC(CC(=O)O)NC(=O)NCC(=O)NC(C)C. The van der Waals surface area contributed by atoms with Crippen LogP contribution in [0.2, 0.25) is 0 Å². The Kier molecular flexibility index (Phi) is 7.50. The van der Waals surface area contributed by atoms with Crippen molar-refractivity contribution < 1.29 is 19.5 Å². The van der Waals surface area contributed by atoms with Gasteiger partial charge in [-0.25, -0.2) is 4.79 Å². The second-order valence-electron chi connectivity index (χ2n) is 4.25. The number of hydrogen-bond donors (Lipinski definition) is 4. The number of carboxylic acids is 1. The third kappa shape index (κ3) is 8.37. The molecule has 0 aliphatic carbocycles. The molecule has 0 fully saturated rings. The van der Waals surface area contributed by atoms with E-state index >= 15 is 0 Å². The van der Waals surface area contributed by atoms with Crippen molar-refractivity contribution in [3.05, 3.63) is 0 Å². The molecule has 0 saturated carbocycles. The molecule has 1 atom stereocenters. The van der Waals surface area contributed by atoms with Gasteiger partial charge in [-0.15, -0.1) is 0 Å². The average Bonchev–Trinajstić information content (AvgIpc) is 2.24. The van der Waals surface area contributed by atoms with E-state index in [0.717, 1.165) is 0 Å². The monoisotopic (exact) mass is 259 g/mol. The van der Waals surface area contributed by atoms with E-state index in [1.807, 2.05) is 13.8 Å². The molecule has 1 unspecified atom stereocenters. The fourth-order valence-electron chi connectivity index (χ4n) is 1.28. The number of nitrogens with one attached hydrogen (secondary N) is 3. The first-order valence-corrected chi connectivity index (χ1v) is 5.90. The number of carbonyl (C=O) groups excluding carboxylic acids is 2. The normalized spacial score (nSPS) is 11.8. The van der Waals surface area contributed by atoms with Crippen molar-refractivity contribution in [2.75, 3.05) is 6.54 Å². The van der Waals surface area contributed by atoms with Crippen LogP contribution in [0.1, 0.15) is 33.6 Å². The third-order valence-electron chi connectivity index (χ3n) is 2.11. The van der Waals surface area contributed by atoms with Crippen LogP contribution in [0.15, 0.2) is 0 Å². The number of aliphatic carboxylic acids is 1. The molecule has 0 aromatic heterocycles. The van der Waals surface area contributed by atoms with Crippen LogP contribution in [0.25, 0.3) is 0 Å². The van der Waals surface area contributed by atoms with Crippen molar-refractivity contribution in [1.29, 1.82) is 0 Å². The number of urea groups is 1. The molecule has 0 aliphatic heterocycles. The predicted octanol–water partition coefficient (Wildman–Crippen LogP) is 0.0635. The zero-order valence-corrected chi connectivity index (χ0v) is 10.9. The number of carboxylic acid groups (broad SMARTS) is 1. The highest BCUT2D eigenvalue weighted by atomic mass is 16.4. The van der Waals surface area contributed by atoms with Crippen molar-refractivity contribution in [3.8, 4) is 0 Å². The predicted molar refractivity (Wildman–Crippen MR) is 66.1 cm³/mol. The molecule has 0 aromatic carbocycles. The van der Waals surface area contributed by atoms with E-state index in [9.17, 15) is 14.4 Å². The maximum atomic E-state index is 11.4. The molecule has 0 radical (unpaired) electrons. The fourth-order valence-corrected chi connectivity index (χ4v) is 1.28. The van der Waals surface area contributed by atoms with Gasteiger partial charge in [0.25, 0.3) is 0 Å². The molecular weight excluding hydrogens is 238 g/mol. The van der Waals surface area contributed by atoms with Gasteiger partial charge >= 0.3 is 12.0 Å². The lowest BCUT2D eigenvalue weighted by Crippen LogP contribution is -2.47. The summed E-state index contributed by atoms with van der Waals surface area (Å²) >= 11 is 0. The average molecular weight is 259 g/mol. The minimum absolute atomic E-state index is 0.0118. The summed E-state index contributed by atoms with van der Waals surface area (Å²) < 4.78 is 0. The number of amides is 3. The van der Waals surface area contributed by atoms with Crippen LogP contribution in [0, 0.1) is 0 Å². The van der Waals surface area contributed by atoms with Gasteiger partial charge in [0, 0.05) is 12.1 Å². The molecule has 18 heavy (non-hydrogen) atoms. The maximum Gasteiger partial charge on any atom is 0.315 e. The Morgan fingerprint density at radius 2 is 1.78 bits per heavy atom. The molecule has 0 aliphatic rings. The first-order valence-electron chi connectivity index (χ1n) is 5.90. The van der Waals surface area contributed by atoms with Crippen molar-refractivity contribution in [1.82, 2.24) is 16.0 Å². The number of carbonyl (C=O) groups is 3. The first kappa shape index (κ1) is 16.2. The summed E-state index contributed by atoms with van der Waals surface area (Å²) in [4.78, 5) is 33.1. The number of hydrogen-bond acceptors (Lipinski definition) is 3. The zero-order valence-electron chi connectivity index (χ0n) is 10.9. The molecule has 104 valence electrons. The van der Waals surface area contributed by atoms with E-state index in [1.54, 1.807) is 6.92 Å². The molecule has 0 spiro atoms. The highest BCUT2D eigenvalue weighted by molar-refractivity contribution is 5.84. The Labute approximate surface area is 106 Å². The van der Waals surface area contributed by atoms with E-state index in [0.29, 0.717) is 6.42 Å². The molecule has 0 heterocycles. The van der Waals surface area contributed by atoms with Crippen molar-refractivity contribution in [2.45, 2.75) is 45.7 Å². The Hall–Kier alpha value is -1.79. The molecule has 4 N–H and O–H groups in total. The van der Waals surface area contributed by atoms with Gasteiger partial charge in [0.1, 0.15) is 0 Å². The van der Waals surface area contributed by atoms with Crippen molar-refractivity contribution >= 4 is 17.9 Å². The molecule has 3 amide bonds. The molecule has 7 heteroatoms. The van der Waals surface area contributed by atoms with Gasteiger partial charge < -0.3 is 21.1 Å². The molecule has 0 saturated heterocycles. The molecular formula is C11H21N3O4. The maximum absolute atomic E-state index is 11.4. The highest BCUT2D eigenvalue weighted by Gasteiger charge is 2.14. The lowest BCUT2D eigenvalue weighted by Gasteiger charge is -2.15. The van der Waals surface area contributed by atoms with Gasteiger partial charge in [0.15, 0.2) is 0 Å². The lowest BCUT2D eigenvalue weighted by molar-refractivity contribution is -0.137. The minimum atomic E-state index is -0.972. The molecule has 7 nitrogen and oxygen atoms in total. The fraction of sp³-hybridized carbons (Fsp3) is 0.727. The number of rotatable bonds is 7. The van der Waals surface area contributed by atoms with Crippen LogP contribution in [-0.2, 0) is 9.59 Å².